The van der Waals surface area contributed by atoms with Gasteiger partial charge in [-0.25, -0.2) is 4.98 Å². The fourth-order valence-electron chi connectivity index (χ4n) is 3.48. The molecular formula is C21H27N3O. The van der Waals surface area contributed by atoms with Gasteiger partial charge in [-0.1, -0.05) is 30.3 Å². The zero-order valence-corrected chi connectivity index (χ0v) is 15.2. The fraction of sp³-hybridized carbons (Fsp3) is 0.429. The van der Waals surface area contributed by atoms with Crippen LogP contribution in [0.15, 0.2) is 48.7 Å². The van der Waals surface area contributed by atoms with E-state index in [1.165, 1.54) is 24.8 Å². The van der Waals surface area contributed by atoms with Crippen molar-refractivity contribution in [1.82, 2.24) is 9.88 Å². The van der Waals surface area contributed by atoms with E-state index in [1.807, 2.05) is 12.1 Å². The molecule has 0 radical (unpaired) electrons. The van der Waals surface area contributed by atoms with E-state index in [4.69, 9.17) is 0 Å². The van der Waals surface area contributed by atoms with Crippen LogP contribution in [0.3, 0.4) is 0 Å². The van der Waals surface area contributed by atoms with E-state index in [0.717, 1.165) is 25.3 Å². The van der Waals surface area contributed by atoms with Crippen molar-refractivity contribution in [2.24, 2.45) is 5.92 Å². The number of carbonyl (C=O) groups is 1. The third-order valence-electron chi connectivity index (χ3n) is 4.93. The molecule has 1 amide bonds. The van der Waals surface area contributed by atoms with Gasteiger partial charge in [0.05, 0.1) is 5.56 Å². The van der Waals surface area contributed by atoms with E-state index in [0.29, 0.717) is 11.5 Å². The summed E-state index contributed by atoms with van der Waals surface area (Å²) in [4.78, 5) is 20.5. The van der Waals surface area contributed by atoms with Crippen LogP contribution in [-0.4, -0.2) is 43.0 Å². The molecule has 3 rings (SSSR count). The van der Waals surface area contributed by atoms with Gasteiger partial charge >= 0.3 is 0 Å². The first kappa shape index (κ1) is 17.5. The molecule has 0 bridgehead atoms. The van der Waals surface area contributed by atoms with Gasteiger partial charge in [0, 0.05) is 33.4 Å². The molecule has 4 nitrogen and oxygen atoms in total. The lowest BCUT2D eigenvalue weighted by atomic mass is 9.91. The maximum Gasteiger partial charge on any atom is 0.254 e. The summed E-state index contributed by atoms with van der Waals surface area (Å²) in [5, 5.41) is 0. The molecule has 1 unspecified atom stereocenters. The molecule has 132 valence electrons. The van der Waals surface area contributed by atoms with Crippen molar-refractivity contribution in [3.8, 4) is 0 Å². The molecule has 0 saturated carbocycles. The predicted octanol–water partition coefficient (Wildman–Crippen LogP) is 3.63. The second-order valence-electron chi connectivity index (χ2n) is 7.08. The van der Waals surface area contributed by atoms with Crippen LogP contribution in [0.1, 0.15) is 35.2 Å². The number of hydrogen-bond acceptors (Lipinski definition) is 3. The summed E-state index contributed by atoms with van der Waals surface area (Å²) >= 11 is 0. The topological polar surface area (TPSA) is 36.4 Å². The van der Waals surface area contributed by atoms with Crippen LogP contribution in [0.25, 0.3) is 0 Å². The zero-order valence-electron chi connectivity index (χ0n) is 15.2. The average molecular weight is 337 g/mol. The minimum Gasteiger partial charge on any atom is -0.356 e. The third kappa shape index (κ3) is 4.59. The van der Waals surface area contributed by atoms with E-state index >= 15 is 0 Å². The maximum absolute atomic E-state index is 12.0. The minimum atomic E-state index is -0.00145. The van der Waals surface area contributed by atoms with Crippen LogP contribution in [0.4, 0.5) is 5.82 Å². The lowest BCUT2D eigenvalue weighted by Crippen LogP contribution is -2.36. The number of anilines is 1. The van der Waals surface area contributed by atoms with Gasteiger partial charge < -0.3 is 9.80 Å². The second-order valence-corrected chi connectivity index (χ2v) is 7.08. The van der Waals surface area contributed by atoms with Crippen LogP contribution in [0.5, 0.6) is 0 Å². The lowest BCUT2D eigenvalue weighted by Gasteiger charge is -2.33. The Morgan fingerprint density at radius 2 is 2.00 bits per heavy atom. The summed E-state index contributed by atoms with van der Waals surface area (Å²) < 4.78 is 0. The van der Waals surface area contributed by atoms with Crippen LogP contribution >= 0.6 is 0 Å². The minimum absolute atomic E-state index is 0.00145. The molecule has 2 aromatic rings. The smallest absolute Gasteiger partial charge is 0.254 e. The highest BCUT2D eigenvalue weighted by Gasteiger charge is 2.21. The number of hydrogen-bond donors (Lipinski definition) is 0. The molecule has 0 spiro atoms. The van der Waals surface area contributed by atoms with Crippen LogP contribution < -0.4 is 4.90 Å². The Balaban J connectivity index is 1.58. The predicted molar refractivity (Wildman–Crippen MR) is 102 cm³/mol. The molecule has 2 heterocycles. The Morgan fingerprint density at radius 1 is 1.20 bits per heavy atom. The molecular weight excluding hydrogens is 310 g/mol. The SMILES string of the molecule is CN(C)C(=O)c1ccc(N2CCCC(CCc3ccccc3)C2)nc1. The van der Waals surface area contributed by atoms with Gasteiger partial charge in [-0.3, -0.25) is 4.79 Å². The van der Waals surface area contributed by atoms with Crippen LogP contribution in [0, 0.1) is 5.92 Å². The molecule has 0 N–H and O–H groups in total. The van der Waals surface area contributed by atoms with Gasteiger partial charge in [-0.2, -0.15) is 0 Å². The van der Waals surface area contributed by atoms with Gasteiger partial charge in [0.25, 0.3) is 5.91 Å². The summed E-state index contributed by atoms with van der Waals surface area (Å²) in [7, 11) is 3.52. The molecule has 4 heteroatoms. The number of aromatic nitrogens is 1. The molecule has 1 saturated heterocycles. The standard InChI is InChI=1S/C21H27N3O/c1-23(2)21(25)19-12-13-20(22-15-19)24-14-6-9-18(16-24)11-10-17-7-4-3-5-8-17/h3-5,7-8,12-13,15,18H,6,9-11,14,16H2,1-2H3. The Bertz CT molecular complexity index is 682. The summed E-state index contributed by atoms with van der Waals surface area (Å²) in [5.41, 5.74) is 2.07. The first-order chi connectivity index (χ1) is 12.1. The van der Waals surface area contributed by atoms with E-state index in [-0.39, 0.29) is 5.91 Å². The Labute approximate surface area is 150 Å². The normalized spacial score (nSPS) is 17.4. The Hall–Kier alpha value is -2.36. The van der Waals surface area contributed by atoms with Crippen molar-refractivity contribution in [2.45, 2.75) is 25.7 Å². The largest absolute Gasteiger partial charge is 0.356 e. The van der Waals surface area contributed by atoms with E-state index in [2.05, 4.69) is 40.2 Å². The lowest BCUT2D eigenvalue weighted by molar-refractivity contribution is 0.0827. The molecule has 25 heavy (non-hydrogen) atoms. The number of piperidine rings is 1. The first-order valence-electron chi connectivity index (χ1n) is 9.10. The van der Waals surface area contributed by atoms with Crippen molar-refractivity contribution >= 4 is 11.7 Å². The molecule has 1 aliphatic heterocycles. The van der Waals surface area contributed by atoms with Crippen molar-refractivity contribution in [1.29, 1.82) is 0 Å². The number of pyridine rings is 1. The highest BCUT2D eigenvalue weighted by molar-refractivity contribution is 5.93. The highest BCUT2D eigenvalue weighted by Crippen LogP contribution is 2.25. The Kier molecular flexibility index (Phi) is 5.69. The average Bonchev–Trinajstić information content (AvgIpc) is 2.67. The van der Waals surface area contributed by atoms with Crippen LogP contribution in [0.2, 0.25) is 0 Å². The number of rotatable bonds is 5. The van der Waals surface area contributed by atoms with Gasteiger partial charge in [-0.15, -0.1) is 0 Å². The van der Waals surface area contributed by atoms with Gasteiger partial charge in [0.2, 0.25) is 0 Å². The number of benzene rings is 1. The quantitative estimate of drug-likeness (QED) is 0.836. The number of nitrogens with zero attached hydrogens (tertiary/aromatic N) is 3. The van der Waals surface area contributed by atoms with Crippen molar-refractivity contribution in [3.05, 3.63) is 59.8 Å². The number of aryl methyl sites for hydroxylation is 1. The summed E-state index contributed by atoms with van der Waals surface area (Å²) in [5.74, 6) is 1.69. The number of amides is 1. The van der Waals surface area contributed by atoms with Gasteiger partial charge in [0.15, 0.2) is 0 Å². The molecule has 1 aromatic carbocycles. The summed E-state index contributed by atoms with van der Waals surface area (Å²) in [6.45, 7) is 2.11. The van der Waals surface area contributed by atoms with E-state index < -0.39 is 0 Å². The first-order valence-corrected chi connectivity index (χ1v) is 9.10. The molecule has 0 aliphatic carbocycles. The third-order valence-corrected chi connectivity index (χ3v) is 4.93. The maximum atomic E-state index is 12.0. The molecule has 1 atom stereocenters. The fourth-order valence-corrected chi connectivity index (χ4v) is 3.48. The van der Waals surface area contributed by atoms with Crippen LogP contribution in [-0.2, 0) is 6.42 Å². The molecule has 1 aliphatic rings. The van der Waals surface area contributed by atoms with E-state index in [9.17, 15) is 4.79 Å². The monoisotopic (exact) mass is 337 g/mol. The van der Waals surface area contributed by atoms with Gasteiger partial charge in [-0.05, 0) is 49.3 Å². The Morgan fingerprint density at radius 3 is 2.68 bits per heavy atom. The molecule has 1 aromatic heterocycles. The van der Waals surface area contributed by atoms with Crippen molar-refractivity contribution < 1.29 is 4.79 Å². The second kappa shape index (κ2) is 8.15. The van der Waals surface area contributed by atoms with Gasteiger partial charge in [0.1, 0.15) is 5.82 Å². The van der Waals surface area contributed by atoms with E-state index in [1.54, 1.807) is 25.2 Å². The highest BCUT2D eigenvalue weighted by atomic mass is 16.2. The summed E-state index contributed by atoms with van der Waals surface area (Å²) in [6.07, 6.45) is 6.56. The number of carbonyl (C=O) groups excluding carboxylic acids is 1. The summed E-state index contributed by atoms with van der Waals surface area (Å²) in [6, 6.07) is 14.6. The zero-order chi connectivity index (χ0) is 17.6. The molecule has 1 fully saturated rings. The van der Waals surface area contributed by atoms with Crippen molar-refractivity contribution in [3.63, 3.8) is 0 Å². The van der Waals surface area contributed by atoms with Crippen molar-refractivity contribution in [2.75, 3.05) is 32.1 Å².